The van der Waals surface area contributed by atoms with Crippen molar-refractivity contribution in [3.8, 4) is 0 Å². The molecule has 1 aromatic heterocycles. The van der Waals surface area contributed by atoms with Gasteiger partial charge in [0.2, 0.25) is 0 Å². The first-order valence-corrected chi connectivity index (χ1v) is 5.69. The number of fused-ring (bicyclic) bond motifs is 1. The second-order valence-electron chi connectivity index (χ2n) is 2.99. The number of hydrogen-bond donors (Lipinski definition) is 1. The van der Waals surface area contributed by atoms with Crippen molar-refractivity contribution in [3.63, 3.8) is 0 Å². The molecule has 1 atom stereocenters. The van der Waals surface area contributed by atoms with E-state index in [2.05, 4.69) is 4.98 Å². The van der Waals surface area contributed by atoms with Crippen molar-refractivity contribution in [1.29, 1.82) is 0 Å². The van der Waals surface area contributed by atoms with Crippen LogP contribution in [0.5, 0.6) is 0 Å². The summed E-state index contributed by atoms with van der Waals surface area (Å²) in [7, 11) is -1.16. The largest absolute Gasteiger partial charge is 0.347 e. The monoisotopic (exact) mass is 207 g/mol. The van der Waals surface area contributed by atoms with E-state index in [4.69, 9.17) is 0 Å². The molecule has 0 saturated heterocycles. The number of para-hydroxylation sites is 1. The first-order valence-electron chi connectivity index (χ1n) is 4.13. The van der Waals surface area contributed by atoms with Crippen molar-refractivity contribution >= 4 is 28.0 Å². The Balaban J connectivity index is 2.85. The molecule has 0 saturated carbocycles. The Morgan fingerprint density at radius 2 is 2.07 bits per heavy atom. The predicted molar refractivity (Wildman–Crippen MR) is 56.0 cm³/mol. The summed E-state index contributed by atoms with van der Waals surface area (Å²) in [4.78, 5) is 13.8. The highest BCUT2D eigenvalue weighted by molar-refractivity contribution is 7.84. The van der Waals surface area contributed by atoms with E-state index in [9.17, 15) is 9.00 Å². The van der Waals surface area contributed by atoms with Gasteiger partial charge in [0.15, 0.2) is 6.29 Å². The van der Waals surface area contributed by atoms with Gasteiger partial charge < -0.3 is 4.98 Å². The highest BCUT2D eigenvalue weighted by atomic mass is 32.2. The Morgan fingerprint density at radius 1 is 1.36 bits per heavy atom. The van der Waals surface area contributed by atoms with E-state index in [1.165, 1.54) is 0 Å². The number of rotatable bonds is 2. The van der Waals surface area contributed by atoms with Gasteiger partial charge >= 0.3 is 0 Å². The zero-order valence-electron chi connectivity index (χ0n) is 7.61. The molecule has 1 aromatic carbocycles. The molecule has 72 valence electrons. The number of aromatic amines is 1. The molecule has 4 heteroatoms. The Morgan fingerprint density at radius 3 is 2.71 bits per heavy atom. The molecule has 0 radical (unpaired) electrons. The lowest BCUT2D eigenvalue weighted by atomic mass is 10.2. The van der Waals surface area contributed by atoms with Crippen molar-refractivity contribution < 1.29 is 9.00 Å². The van der Waals surface area contributed by atoms with Crippen molar-refractivity contribution in [2.75, 3.05) is 6.26 Å². The Kier molecular flexibility index (Phi) is 2.21. The minimum atomic E-state index is -1.16. The maximum atomic E-state index is 11.3. The number of benzene rings is 1. The Labute approximate surface area is 83.6 Å². The maximum Gasteiger partial charge on any atom is 0.153 e. The van der Waals surface area contributed by atoms with Crippen LogP contribution in [0.15, 0.2) is 29.3 Å². The van der Waals surface area contributed by atoms with Crippen LogP contribution >= 0.6 is 0 Å². The average molecular weight is 207 g/mol. The maximum absolute atomic E-state index is 11.3. The Bertz CT molecular complexity index is 516. The molecule has 0 fully saturated rings. The minimum absolute atomic E-state index is 0.501. The third-order valence-electron chi connectivity index (χ3n) is 2.12. The molecule has 2 rings (SSSR count). The van der Waals surface area contributed by atoms with Crippen LogP contribution < -0.4 is 0 Å². The fourth-order valence-corrected chi connectivity index (χ4v) is 2.20. The minimum Gasteiger partial charge on any atom is -0.347 e. The van der Waals surface area contributed by atoms with Gasteiger partial charge in [-0.25, -0.2) is 0 Å². The number of carbonyl (C=O) groups is 1. The molecule has 1 N–H and O–H groups in total. The fourth-order valence-electron chi connectivity index (χ4n) is 1.48. The molecule has 0 amide bonds. The normalized spacial score (nSPS) is 12.9. The van der Waals surface area contributed by atoms with Crippen molar-refractivity contribution in [3.05, 3.63) is 29.8 Å². The van der Waals surface area contributed by atoms with Gasteiger partial charge in [-0.2, -0.15) is 0 Å². The summed E-state index contributed by atoms with van der Waals surface area (Å²) in [6.45, 7) is 0. The fraction of sp³-hybridized carbons (Fsp3) is 0.100. The van der Waals surface area contributed by atoms with Crippen LogP contribution in [-0.2, 0) is 10.8 Å². The number of aldehydes is 1. The smallest absolute Gasteiger partial charge is 0.153 e. The first-order chi connectivity index (χ1) is 6.74. The molecule has 2 aromatic rings. The predicted octanol–water partition coefficient (Wildman–Crippen LogP) is 1.72. The molecule has 14 heavy (non-hydrogen) atoms. The zero-order chi connectivity index (χ0) is 10.1. The second-order valence-corrected chi connectivity index (χ2v) is 4.30. The van der Waals surface area contributed by atoms with Crippen LogP contribution in [0.2, 0.25) is 0 Å². The summed E-state index contributed by atoms with van der Waals surface area (Å²) in [5.41, 5.74) is 1.35. The average Bonchev–Trinajstić information content (AvgIpc) is 2.56. The summed E-state index contributed by atoms with van der Waals surface area (Å²) in [5.74, 6) is 0. The number of nitrogens with one attached hydrogen (secondary N) is 1. The van der Waals surface area contributed by atoms with E-state index in [1.54, 1.807) is 6.26 Å². The molecule has 1 heterocycles. The van der Waals surface area contributed by atoms with Gasteiger partial charge in [-0.05, 0) is 6.07 Å². The van der Waals surface area contributed by atoms with E-state index in [-0.39, 0.29) is 0 Å². The second kappa shape index (κ2) is 3.38. The first kappa shape index (κ1) is 9.15. The number of hydrogen-bond acceptors (Lipinski definition) is 2. The van der Waals surface area contributed by atoms with Crippen molar-refractivity contribution in [2.45, 2.75) is 5.03 Å². The highest BCUT2D eigenvalue weighted by Gasteiger charge is 2.12. The molecule has 0 aliphatic heterocycles. The van der Waals surface area contributed by atoms with Gasteiger partial charge in [-0.3, -0.25) is 9.00 Å². The lowest BCUT2D eigenvalue weighted by Crippen LogP contribution is -1.92. The van der Waals surface area contributed by atoms with Crippen LogP contribution in [0.1, 0.15) is 10.4 Å². The zero-order valence-corrected chi connectivity index (χ0v) is 8.43. The van der Waals surface area contributed by atoms with Gasteiger partial charge in [0.1, 0.15) is 5.03 Å². The van der Waals surface area contributed by atoms with E-state index in [1.807, 2.05) is 24.3 Å². The highest BCUT2D eigenvalue weighted by Crippen LogP contribution is 2.22. The number of H-pyrrole nitrogens is 1. The molecule has 0 spiro atoms. The van der Waals surface area contributed by atoms with E-state index < -0.39 is 10.8 Å². The van der Waals surface area contributed by atoms with E-state index >= 15 is 0 Å². The standard InChI is InChI=1S/C10H9NO2S/c1-14(13)10-8(6-12)7-4-2-3-5-9(7)11-10/h2-6,11H,1H3. The molecular weight excluding hydrogens is 198 g/mol. The van der Waals surface area contributed by atoms with Gasteiger partial charge in [0.05, 0.1) is 16.4 Å². The summed E-state index contributed by atoms with van der Waals surface area (Å²) < 4.78 is 11.3. The summed E-state index contributed by atoms with van der Waals surface area (Å²) in [5, 5.41) is 1.33. The van der Waals surface area contributed by atoms with Crippen molar-refractivity contribution in [2.24, 2.45) is 0 Å². The molecule has 0 aliphatic rings. The van der Waals surface area contributed by atoms with Crippen LogP contribution in [0.4, 0.5) is 0 Å². The van der Waals surface area contributed by atoms with Crippen LogP contribution in [0, 0.1) is 0 Å². The third kappa shape index (κ3) is 1.28. The lowest BCUT2D eigenvalue weighted by molar-refractivity contribution is 0.112. The molecule has 3 nitrogen and oxygen atoms in total. The van der Waals surface area contributed by atoms with Gasteiger partial charge in [0.25, 0.3) is 0 Å². The van der Waals surface area contributed by atoms with Crippen molar-refractivity contribution in [1.82, 2.24) is 4.98 Å². The van der Waals surface area contributed by atoms with Crippen LogP contribution in [0.3, 0.4) is 0 Å². The van der Waals surface area contributed by atoms with Gasteiger partial charge in [-0.15, -0.1) is 0 Å². The quantitative estimate of drug-likeness (QED) is 0.762. The summed E-state index contributed by atoms with van der Waals surface area (Å²) in [6, 6.07) is 7.42. The third-order valence-corrected chi connectivity index (χ3v) is 3.01. The van der Waals surface area contributed by atoms with Gasteiger partial charge in [0, 0.05) is 17.2 Å². The number of carbonyl (C=O) groups excluding carboxylic acids is 1. The molecule has 0 bridgehead atoms. The lowest BCUT2D eigenvalue weighted by Gasteiger charge is -1.90. The van der Waals surface area contributed by atoms with E-state index in [0.717, 1.165) is 17.2 Å². The molecule has 1 unspecified atom stereocenters. The summed E-state index contributed by atoms with van der Waals surface area (Å²) >= 11 is 0. The Hall–Kier alpha value is -1.42. The summed E-state index contributed by atoms with van der Waals surface area (Å²) in [6.07, 6.45) is 2.30. The number of aromatic nitrogens is 1. The SMILES string of the molecule is CS(=O)c1[nH]c2ccccc2c1C=O. The van der Waals surface area contributed by atoms with Crippen LogP contribution in [-0.4, -0.2) is 21.7 Å². The van der Waals surface area contributed by atoms with E-state index in [0.29, 0.717) is 10.6 Å². The molecule has 0 aliphatic carbocycles. The van der Waals surface area contributed by atoms with Gasteiger partial charge in [-0.1, -0.05) is 18.2 Å². The molecular formula is C10H9NO2S. The van der Waals surface area contributed by atoms with Crippen LogP contribution in [0.25, 0.3) is 10.9 Å². The topological polar surface area (TPSA) is 49.9 Å².